The molecule has 2 heteroatoms. The normalized spacial score (nSPS) is 28.7. The molecule has 0 aromatic heterocycles. The van der Waals surface area contributed by atoms with Crippen molar-refractivity contribution in [2.75, 3.05) is 26.2 Å². The molecule has 0 aromatic rings. The van der Waals surface area contributed by atoms with E-state index in [1.165, 1.54) is 71.1 Å². The second kappa shape index (κ2) is 7.08. The lowest BCUT2D eigenvalue weighted by Gasteiger charge is -2.44. The maximum absolute atomic E-state index is 3.73. The summed E-state index contributed by atoms with van der Waals surface area (Å²) in [4.78, 5) is 2.77. The van der Waals surface area contributed by atoms with Crippen molar-refractivity contribution < 1.29 is 0 Å². The van der Waals surface area contributed by atoms with Crippen molar-refractivity contribution in [1.29, 1.82) is 0 Å². The van der Waals surface area contributed by atoms with Crippen molar-refractivity contribution >= 4 is 0 Å². The predicted octanol–water partition coefficient (Wildman–Crippen LogP) is 3.67. The van der Waals surface area contributed by atoms with Crippen LogP contribution in [-0.2, 0) is 0 Å². The van der Waals surface area contributed by atoms with E-state index in [0.717, 1.165) is 5.92 Å². The molecular formula is C17H34N2. The molecule has 112 valence electrons. The first-order valence-corrected chi connectivity index (χ1v) is 8.55. The molecule has 1 heterocycles. The average molecular weight is 266 g/mol. The van der Waals surface area contributed by atoms with Gasteiger partial charge in [0.25, 0.3) is 0 Å². The summed E-state index contributed by atoms with van der Waals surface area (Å²) in [6.07, 6.45) is 10.1. The summed E-state index contributed by atoms with van der Waals surface area (Å²) >= 11 is 0. The third-order valence-corrected chi connectivity index (χ3v) is 5.10. The summed E-state index contributed by atoms with van der Waals surface area (Å²) in [7, 11) is 0. The van der Waals surface area contributed by atoms with Crippen LogP contribution in [0.5, 0.6) is 0 Å². The van der Waals surface area contributed by atoms with Crippen LogP contribution < -0.4 is 5.32 Å². The van der Waals surface area contributed by atoms with Crippen LogP contribution in [0.2, 0.25) is 0 Å². The van der Waals surface area contributed by atoms with E-state index in [1.54, 1.807) is 0 Å². The van der Waals surface area contributed by atoms with E-state index in [1.807, 2.05) is 0 Å². The predicted molar refractivity (Wildman–Crippen MR) is 83.5 cm³/mol. The SMILES string of the molecule is CC1CCCN(CC2(CNC(C)C)CCCCC2)C1. The molecule has 2 aliphatic rings. The van der Waals surface area contributed by atoms with Gasteiger partial charge in [0.2, 0.25) is 0 Å². The smallest absolute Gasteiger partial charge is 0.00503 e. The zero-order valence-electron chi connectivity index (χ0n) is 13.4. The first-order chi connectivity index (χ1) is 9.10. The Morgan fingerprint density at radius 2 is 1.89 bits per heavy atom. The Hall–Kier alpha value is -0.0800. The zero-order chi connectivity index (χ0) is 13.7. The van der Waals surface area contributed by atoms with Gasteiger partial charge < -0.3 is 10.2 Å². The molecule has 1 unspecified atom stereocenters. The third kappa shape index (κ3) is 4.75. The molecule has 2 nitrogen and oxygen atoms in total. The summed E-state index contributed by atoms with van der Waals surface area (Å²) in [6, 6.07) is 0.624. The van der Waals surface area contributed by atoms with E-state index < -0.39 is 0 Å². The topological polar surface area (TPSA) is 15.3 Å². The Balaban J connectivity index is 1.92. The van der Waals surface area contributed by atoms with Crippen molar-refractivity contribution in [3.8, 4) is 0 Å². The fourth-order valence-corrected chi connectivity index (χ4v) is 4.02. The third-order valence-electron chi connectivity index (χ3n) is 5.10. The number of hydrogen-bond donors (Lipinski definition) is 1. The van der Waals surface area contributed by atoms with Gasteiger partial charge in [0.15, 0.2) is 0 Å². The molecule has 19 heavy (non-hydrogen) atoms. The first-order valence-electron chi connectivity index (χ1n) is 8.55. The van der Waals surface area contributed by atoms with Gasteiger partial charge in [-0.15, -0.1) is 0 Å². The lowest BCUT2D eigenvalue weighted by Crippen LogP contribution is -2.48. The monoisotopic (exact) mass is 266 g/mol. The van der Waals surface area contributed by atoms with Gasteiger partial charge in [-0.25, -0.2) is 0 Å². The van der Waals surface area contributed by atoms with E-state index in [-0.39, 0.29) is 0 Å². The highest BCUT2D eigenvalue weighted by Gasteiger charge is 2.34. The summed E-state index contributed by atoms with van der Waals surface area (Å²) in [6.45, 7) is 12.2. The summed E-state index contributed by atoms with van der Waals surface area (Å²) in [5.74, 6) is 0.910. The average Bonchev–Trinajstić information content (AvgIpc) is 2.38. The Bertz CT molecular complexity index is 256. The molecular weight excluding hydrogens is 232 g/mol. The fraction of sp³-hybridized carbons (Fsp3) is 1.00. The molecule has 0 bridgehead atoms. The summed E-state index contributed by atoms with van der Waals surface area (Å²) in [5.41, 5.74) is 0.569. The van der Waals surface area contributed by atoms with E-state index in [2.05, 4.69) is 31.0 Å². The van der Waals surface area contributed by atoms with Gasteiger partial charge in [0.05, 0.1) is 0 Å². The number of nitrogens with one attached hydrogen (secondary N) is 1. The molecule has 0 spiro atoms. The fourth-order valence-electron chi connectivity index (χ4n) is 4.02. The van der Waals surface area contributed by atoms with Gasteiger partial charge in [0.1, 0.15) is 0 Å². The first kappa shape index (κ1) is 15.3. The minimum atomic E-state index is 0.569. The molecule has 1 N–H and O–H groups in total. The van der Waals surface area contributed by atoms with Crippen LogP contribution >= 0.6 is 0 Å². The van der Waals surface area contributed by atoms with Crippen LogP contribution in [-0.4, -0.2) is 37.1 Å². The van der Waals surface area contributed by atoms with Crippen LogP contribution in [0.1, 0.15) is 65.7 Å². The van der Waals surface area contributed by atoms with E-state index >= 15 is 0 Å². The van der Waals surface area contributed by atoms with Crippen molar-refractivity contribution in [3.63, 3.8) is 0 Å². The van der Waals surface area contributed by atoms with Crippen LogP contribution in [0.15, 0.2) is 0 Å². The number of rotatable bonds is 5. The van der Waals surface area contributed by atoms with Gasteiger partial charge >= 0.3 is 0 Å². The lowest BCUT2D eigenvalue weighted by molar-refractivity contribution is 0.0743. The summed E-state index contributed by atoms with van der Waals surface area (Å²) in [5, 5.41) is 3.73. The second-order valence-corrected chi connectivity index (χ2v) is 7.58. The Kier molecular flexibility index (Phi) is 5.70. The largest absolute Gasteiger partial charge is 0.314 e. The maximum atomic E-state index is 3.73. The van der Waals surface area contributed by atoms with Crippen LogP contribution in [0.3, 0.4) is 0 Å². The minimum absolute atomic E-state index is 0.569. The van der Waals surface area contributed by atoms with Crippen molar-refractivity contribution in [3.05, 3.63) is 0 Å². The highest BCUT2D eigenvalue weighted by Crippen LogP contribution is 2.37. The quantitative estimate of drug-likeness (QED) is 0.817. The molecule has 0 radical (unpaired) electrons. The van der Waals surface area contributed by atoms with E-state index in [0.29, 0.717) is 11.5 Å². The van der Waals surface area contributed by atoms with Gasteiger partial charge in [-0.1, -0.05) is 40.0 Å². The molecule has 0 amide bonds. The van der Waals surface area contributed by atoms with Gasteiger partial charge in [-0.05, 0) is 43.6 Å². The highest BCUT2D eigenvalue weighted by molar-refractivity contribution is 4.89. The van der Waals surface area contributed by atoms with Crippen molar-refractivity contribution in [1.82, 2.24) is 10.2 Å². The lowest BCUT2D eigenvalue weighted by atomic mass is 9.73. The van der Waals surface area contributed by atoms with Crippen LogP contribution in [0.25, 0.3) is 0 Å². The number of nitrogens with zero attached hydrogens (tertiary/aromatic N) is 1. The molecule has 2 fully saturated rings. The number of piperidine rings is 1. The maximum Gasteiger partial charge on any atom is 0.00503 e. The molecule has 1 aliphatic carbocycles. The Morgan fingerprint density at radius 3 is 2.53 bits per heavy atom. The zero-order valence-corrected chi connectivity index (χ0v) is 13.4. The van der Waals surface area contributed by atoms with E-state index in [9.17, 15) is 0 Å². The van der Waals surface area contributed by atoms with Crippen molar-refractivity contribution in [2.24, 2.45) is 11.3 Å². The minimum Gasteiger partial charge on any atom is -0.314 e. The van der Waals surface area contributed by atoms with Crippen LogP contribution in [0, 0.1) is 11.3 Å². The van der Waals surface area contributed by atoms with Gasteiger partial charge in [0, 0.05) is 25.7 Å². The Labute approximate surface area is 120 Å². The standard InChI is InChI=1S/C17H34N2/c1-15(2)18-13-17(9-5-4-6-10-17)14-19-11-7-8-16(3)12-19/h15-16,18H,4-14H2,1-3H3. The molecule has 1 saturated carbocycles. The van der Waals surface area contributed by atoms with Crippen molar-refractivity contribution in [2.45, 2.75) is 71.8 Å². The molecule has 1 saturated heterocycles. The van der Waals surface area contributed by atoms with E-state index in [4.69, 9.17) is 0 Å². The molecule has 1 aliphatic heterocycles. The van der Waals surface area contributed by atoms with Gasteiger partial charge in [-0.2, -0.15) is 0 Å². The van der Waals surface area contributed by atoms with Gasteiger partial charge in [-0.3, -0.25) is 0 Å². The molecule has 0 aromatic carbocycles. The molecule has 1 atom stereocenters. The number of likely N-dealkylation sites (tertiary alicyclic amines) is 1. The molecule has 2 rings (SSSR count). The summed E-state index contributed by atoms with van der Waals surface area (Å²) < 4.78 is 0. The Morgan fingerprint density at radius 1 is 1.16 bits per heavy atom. The second-order valence-electron chi connectivity index (χ2n) is 7.58. The highest BCUT2D eigenvalue weighted by atomic mass is 15.1. The van der Waals surface area contributed by atoms with Crippen LogP contribution in [0.4, 0.5) is 0 Å². The number of hydrogen-bond acceptors (Lipinski definition) is 2.